The standard InChI is InChI=1S/C22H18ClNO6/c1-28-11-10-24-21(26)17-12-15-6-8-16(13-19(15)30-22(17)27)29-20(25)9-7-14-4-2-3-5-18(14)23/h2-9,12-13H,10-11H2,1H3,(H,24,26)/b9-7+. The Morgan fingerprint density at radius 3 is 2.73 bits per heavy atom. The maximum atomic E-state index is 12.1. The second-order valence-corrected chi connectivity index (χ2v) is 6.58. The summed E-state index contributed by atoms with van der Waals surface area (Å²) in [4.78, 5) is 36.3. The SMILES string of the molecule is COCCNC(=O)c1cc2ccc(OC(=O)/C=C/c3ccccc3Cl)cc2oc1=O. The molecule has 0 aliphatic carbocycles. The van der Waals surface area contributed by atoms with Gasteiger partial charge < -0.3 is 19.2 Å². The molecule has 0 radical (unpaired) electrons. The predicted octanol–water partition coefficient (Wildman–Crippen LogP) is 3.44. The van der Waals surface area contributed by atoms with Crippen molar-refractivity contribution in [1.29, 1.82) is 0 Å². The van der Waals surface area contributed by atoms with E-state index < -0.39 is 17.5 Å². The number of halogens is 1. The molecule has 3 aromatic rings. The molecular formula is C22H18ClNO6. The molecule has 0 atom stereocenters. The van der Waals surface area contributed by atoms with E-state index in [-0.39, 0.29) is 23.4 Å². The first-order valence-electron chi connectivity index (χ1n) is 8.97. The van der Waals surface area contributed by atoms with Crippen molar-refractivity contribution in [3.05, 3.63) is 81.2 Å². The molecule has 0 aliphatic heterocycles. The van der Waals surface area contributed by atoms with Crippen LogP contribution in [0.5, 0.6) is 5.75 Å². The highest BCUT2D eigenvalue weighted by Gasteiger charge is 2.14. The smallest absolute Gasteiger partial charge is 0.349 e. The monoisotopic (exact) mass is 427 g/mol. The third kappa shape index (κ3) is 5.34. The number of hydrogen-bond acceptors (Lipinski definition) is 6. The molecule has 0 bridgehead atoms. The van der Waals surface area contributed by atoms with E-state index in [1.165, 1.54) is 31.4 Å². The number of fused-ring (bicyclic) bond motifs is 1. The van der Waals surface area contributed by atoms with Gasteiger partial charge in [-0.05, 0) is 35.9 Å². The lowest BCUT2D eigenvalue weighted by Crippen LogP contribution is -2.30. The highest BCUT2D eigenvalue weighted by molar-refractivity contribution is 6.32. The minimum atomic E-state index is -0.792. The van der Waals surface area contributed by atoms with Crippen LogP contribution in [0.3, 0.4) is 0 Å². The minimum absolute atomic E-state index is 0.119. The van der Waals surface area contributed by atoms with Gasteiger partial charge >= 0.3 is 11.6 Å². The highest BCUT2D eigenvalue weighted by Crippen LogP contribution is 2.21. The average molecular weight is 428 g/mol. The van der Waals surface area contributed by atoms with Gasteiger partial charge in [-0.2, -0.15) is 0 Å². The van der Waals surface area contributed by atoms with Crippen LogP contribution in [0.25, 0.3) is 17.0 Å². The number of esters is 1. The van der Waals surface area contributed by atoms with E-state index in [4.69, 9.17) is 25.5 Å². The topological polar surface area (TPSA) is 94.8 Å². The van der Waals surface area contributed by atoms with Crippen molar-refractivity contribution in [1.82, 2.24) is 5.32 Å². The Morgan fingerprint density at radius 1 is 1.17 bits per heavy atom. The zero-order valence-corrected chi connectivity index (χ0v) is 16.8. The molecule has 30 heavy (non-hydrogen) atoms. The lowest BCUT2D eigenvalue weighted by atomic mass is 10.1. The number of carbonyl (C=O) groups is 2. The number of nitrogens with one attached hydrogen (secondary N) is 1. The summed E-state index contributed by atoms with van der Waals surface area (Å²) >= 11 is 6.04. The van der Waals surface area contributed by atoms with Gasteiger partial charge in [-0.1, -0.05) is 29.8 Å². The number of hydrogen-bond donors (Lipinski definition) is 1. The van der Waals surface area contributed by atoms with Crippen molar-refractivity contribution < 1.29 is 23.5 Å². The fourth-order valence-corrected chi connectivity index (χ4v) is 2.79. The molecule has 1 aromatic heterocycles. The van der Waals surface area contributed by atoms with Crippen LogP contribution in [0.2, 0.25) is 5.02 Å². The molecule has 1 N–H and O–H groups in total. The molecule has 1 heterocycles. The van der Waals surface area contributed by atoms with E-state index in [1.54, 1.807) is 36.4 Å². The van der Waals surface area contributed by atoms with Crippen molar-refractivity contribution >= 4 is 40.5 Å². The fourth-order valence-electron chi connectivity index (χ4n) is 2.59. The van der Waals surface area contributed by atoms with Gasteiger partial charge in [-0.3, -0.25) is 4.79 Å². The van der Waals surface area contributed by atoms with Crippen LogP contribution in [0.1, 0.15) is 15.9 Å². The van der Waals surface area contributed by atoms with Gasteiger partial charge in [0.25, 0.3) is 5.91 Å². The summed E-state index contributed by atoms with van der Waals surface area (Å²) < 4.78 is 15.3. The summed E-state index contributed by atoms with van der Waals surface area (Å²) in [5, 5.41) is 3.59. The minimum Gasteiger partial charge on any atom is -0.423 e. The van der Waals surface area contributed by atoms with Crippen molar-refractivity contribution in [3.8, 4) is 5.75 Å². The Hall–Kier alpha value is -3.42. The zero-order valence-electron chi connectivity index (χ0n) is 16.0. The van der Waals surface area contributed by atoms with Crippen molar-refractivity contribution in [2.45, 2.75) is 0 Å². The van der Waals surface area contributed by atoms with Crippen LogP contribution < -0.4 is 15.7 Å². The molecule has 154 valence electrons. The normalized spacial score (nSPS) is 11.0. The number of benzene rings is 2. The molecule has 1 amide bonds. The first-order chi connectivity index (χ1) is 14.5. The number of rotatable bonds is 7. The summed E-state index contributed by atoms with van der Waals surface area (Å²) in [6.07, 6.45) is 2.79. The van der Waals surface area contributed by atoms with Crippen LogP contribution >= 0.6 is 11.6 Å². The maximum Gasteiger partial charge on any atom is 0.349 e. The van der Waals surface area contributed by atoms with Crippen LogP contribution in [-0.4, -0.2) is 32.1 Å². The number of carbonyl (C=O) groups excluding carboxylic acids is 2. The summed E-state index contributed by atoms with van der Waals surface area (Å²) in [5.74, 6) is -0.981. The van der Waals surface area contributed by atoms with E-state index >= 15 is 0 Å². The fraction of sp³-hybridized carbons (Fsp3) is 0.136. The number of methoxy groups -OCH3 is 1. The van der Waals surface area contributed by atoms with Gasteiger partial charge in [0.2, 0.25) is 0 Å². The zero-order chi connectivity index (χ0) is 21.5. The Morgan fingerprint density at radius 2 is 1.97 bits per heavy atom. The van der Waals surface area contributed by atoms with Gasteiger partial charge in [0.05, 0.1) is 6.61 Å². The lowest BCUT2D eigenvalue weighted by molar-refractivity contribution is -0.128. The van der Waals surface area contributed by atoms with Crippen molar-refractivity contribution in [3.63, 3.8) is 0 Å². The van der Waals surface area contributed by atoms with E-state index in [2.05, 4.69) is 5.32 Å². The summed E-state index contributed by atoms with van der Waals surface area (Å²) in [6.45, 7) is 0.591. The molecule has 2 aromatic carbocycles. The molecule has 8 heteroatoms. The van der Waals surface area contributed by atoms with Gasteiger partial charge in [0.1, 0.15) is 16.9 Å². The molecule has 0 spiro atoms. The lowest BCUT2D eigenvalue weighted by Gasteiger charge is -2.06. The van der Waals surface area contributed by atoms with Gasteiger partial charge in [-0.25, -0.2) is 9.59 Å². The molecule has 0 aliphatic rings. The van der Waals surface area contributed by atoms with Crippen molar-refractivity contribution in [2.24, 2.45) is 0 Å². The second kappa shape index (κ2) is 9.87. The molecule has 0 saturated heterocycles. The van der Waals surface area contributed by atoms with Crippen LogP contribution in [0, 0.1) is 0 Å². The maximum absolute atomic E-state index is 12.1. The van der Waals surface area contributed by atoms with E-state index in [9.17, 15) is 14.4 Å². The molecular weight excluding hydrogens is 410 g/mol. The largest absolute Gasteiger partial charge is 0.423 e. The summed E-state index contributed by atoms with van der Waals surface area (Å²) in [6, 6.07) is 13.0. The molecule has 7 nitrogen and oxygen atoms in total. The third-order valence-electron chi connectivity index (χ3n) is 4.07. The number of ether oxygens (including phenoxy) is 2. The Labute approximate surface area is 176 Å². The van der Waals surface area contributed by atoms with E-state index in [0.29, 0.717) is 22.6 Å². The van der Waals surface area contributed by atoms with Crippen LogP contribution in [-0.2, 0) is 9.53 Å². The van der Waals surface area contributed by atoms with Gasteiger partial charge in [0, 0.05) is 36.2 Å². The third-order valence-corrected chi connectivity index (χ3v) is 4.41. The first kappa shape index (κ1) is 21.3. The Balaban J connectivity index is 1.74. The molecule has 0 fully saturated rings. The van der Waals surface area contributed by atoms with E-state index in [1.807, 2.05) is 0 Å². The predicted molar refractivity (Wildman–Crippen MR) is 113 cm³/mol. The molecule has 0 unspecified atom stereocenters. The average Bonchev–Trinajstić information content (AvgIpc) is 2.72. The highest BCUT2D eigenvalue weighted by atomic mass is 35.5. The summed E-state index contributed by atoms with van der Waals surface area (Å²) in [7, 11) is 1.51. The van der Waals surface area contributed by atoms with Crippen LogP contribution in [0.15, 0.2) is 63.8 Å². The Bertz CT molecular complexity index is 1170. The van der Waals surface area contributed by atoms with Gasteiger partial charge in [0.15, 0.2) is 0 Å². The van der Waals surface area contributed by atoms with Gasteiger partial charge in [-0.15, -0.1) is 0 Å². The summed E-state index contributed by atoms with van der Waals surface area (Å²) in [5.41, 5.74) is -0.0451. The quantitative estimate of drug-likeness (QED) is 0.204. The van der Waals surface area contributed by atoms with Crippen LogP contribution in [0.4, 0.5) is 0 Å². The molecule has 0 saturated carbocycles. The second-order valence-electron chi connectivity index (χ2n) is 6.17. The molecule has 3 rings (SSSR count). The first-order valence-corrected chi connectivity index (χ1v) is 9.35. The number of amides is 1. The Kier molecular flexibility index (Phi) is 7.00. The van der Waals surface area contributed by atoms with Crippen molar-refractivity contribution in [2.75, 3.05) is 20.3 Å². The van der Waals surface area contributed by atoms with E-state index in [0.717, 1.165) is 0 Å².